The molecule has 0 aromatic heterocycles. The lowest BCUT2D eigenvalue weighted by atomic mass is 9.97. The molecule has 1 aliphatic rings. The van der Waals surface area contributed by atoms with E-state index in [-0.39, 0.29) is 23.5 Å². The fourth-order valence-electron chi connectivity index (χ4n) is 3.35. The Morgan fingerprint density at radius 3 is 1.97 bits per heavy atom. The second-order valence-electron chi connectivity index (χ2n) is 6.20. The Hall–Kier alpha value is -3.42. The molecule has 0 bridgehead atoms. The van der Waals surface area contributed by atoms with Crippen LogP contribution in [0.25, 0.3) is 0 Å². The topological polar surface area (TPSA) is 89.5 Å². The minimum absolute atomic E-state index is 0.0487. The lowest BCUT2D eigenvalue weighted by Gasteiger charge is -2.15. The molecule has 29 heavy (non-hydrogen) atoms. The fraction of sp³-hybridized carbons (Fsp3) is 0.333. The third kappa shape index (κ3) is 3.53. The van der Waals surface area contributed by atoms with Crippen molar-refractivity contribution in [1.29, 1.82) is 0 Å². The van der Waals surface area contributed by atoms with Gasteiger partial charge in [0.1, 0.15) is 11.7 Å². The first-order valence-electron chi connectivity index (χ1n) is 8.78. The van der Waals surface area contributed by atoms with Crippen molar-refractivity contribution in [2.45, 2.75) is 12.5 Å². The number of fused-ring (bicyclic) bond motifs is 1. The molecule has 3 rings (SSSR count). The van der Waals surface area contributed by atoms with E-state index in [4.69, 9.17) is 28.4 Å². The molecule has 0 spiro atoms. The summed E-state index contributed by atoms with van der Waals surface area (Å²) in [5.41, 5.74) is 1.20. The molecule has 8 heteroatoms. The van der Waals surface area contributed by atoms with Crippen LogP contribution in [0.1, 0.15) is 38.8 Å². The summed E-state index contributed by atoms with van der Waals surface area (Å²) in [4.78, 5) is 25.3. The van der Waals surface area contributed by atoms with Crippen LogP contribution in [0.15, 0.2) is 24.3 Å². The maximum Gasteiger partial charge on any atom is 0.343 e. The van der Waals surface area contributed by atoms with Crippen molar-refractivity contribution in [3.8, 4) is 28.7 Å². The number of carbonyl (C=O) groups is 2. The standard InChI is InChI=1S/C21H22O8/c1-24-14-7-6-12-15(29-21(23)18(12)20(14)28-5)10-13(22)11-8-16(25-2)19(27-4)17(9-11)26-3/h6-9,15H,10H2,1-5H3. The van der Waals surface area contributed by atoms with Gasteiger partial charge in [-0.1, -0.05) is 6.07 Å². The Bertz CT molecular complexity index is 925. The first kappa shape index (κ1) is 20.3. The van der Waals surface area contributed by atoms with Gasteiger partial charge in [-0.15, -0.1) is 0 Å². The van der Waals surface area contributed by atoms with Crippen molar-refractivity contribution in [2.24, 2.45) is 0 Å². The molecule has 1 heterocycles. The molecule has 0 N–H and O–H groups in total. The molecule has 0 fully saturated rings. The highest BCUT2D eigenvalue weighted by atomic mass is 16.6. The maximum atomic E-state index is 12.9. The van der Waals surface area contributed by atoms with Crippen molar-refractivity contribution < 1.29 is 38.0 Å². The largest absolute Gasteiger partial charge is 0.493 e. The number of esters is 1. The fourth-order valence-corrected chi connectivity index (χ4v) is 3.35. The highest BCUT2D eigenvalue weighted by Crippen LogP contribution is 2.44. The molecule has 2 aromatic carbocycles. The SMILES string of the molecule is COc1cc(C(=O)CC2OC(=O)c3c2ccc(OC)c3OC)cc(OC)c1OC. The molecule has 1 atom stereocenters. The van der Waals surface area contributed by atoms with Gasteiger partial charge in [-0.05, 0) is 18.2 Å². The predicted octanol–water partition coefficient (Wildman–Crippen LogP) is 3.21. The molecule has 8 nitrogen and oxygen atoms in total. The lowest BCUT2D eigenvalue weighted by Crippen LogP contribution is -2.08. The molecular formula is C21H22O8. The molecular weight excluding hydrogens is 380 g/mol. The van der Waals surface area contributed by atoms with E-state index in [2.05, 4.69) is 0 Å². The zero-order chi connectivity index (χ0) is 21.1. The predicted molar refractivity (Wildman–Crippen MR) is 103 cm³/mol. The van der Waals surface area contributed by atoms with E-state index in [9.17, 15) is 9.59 Å². The van der Waals surface area contributed by atoms with Gasteiger partial charge in [0, 0.05) is 11.1 Å². The molecule has 2 aromatic rings. The number of ketones is 1. The number of Topliss-reactive ketones (excluding diaryl/α,β-unsaturated/α-hetero) is 1. The molecule has 0 amide bonds. The van der Waals surface area contributed by atoms with Crippen LogP contribution in [-0.4, -0.2) is 47.3 Å². The van der Waals surface area contributed by atoms with Crippen LogP contribution < -0.4 is 23.7 Å². The summed E-state index contributed by atoms with van der Waals surface area (Å²) in [5, 5.41) is 0. The number of rotatable bonds is 8. The van der Waals surface area contributed by atoms with Crippen LogP contribution in [0.2, 0.25) is 0 Å². The van der Waals surface area contributed by atoms with Gasteiger partial charge in [0.15, 0.2) is 28.8 Å². The van der Waals surface area contributed by atoms with E-state index in [1.807, 2.05) is 0 Å². The van der Waals surface area contributed by atoms with Gasteiger partial charge in [0.2, 0.25) is 5.75 Å². The number of carbonyl (C=O) groups excluding carboxylic acids is 2. The van der Waals surface area contributed by atoms with Gasteiger partial charge in [-0.25, -0.2) is 4.79 Å². The number of methoxy groups -OCH3 is 5. The Morgan fingerprint density at radius 1 is 0.862 bits per heavy atom. The summed E-state index contributed by atoms with van der Waals surface area (Å²) >= 11 is 0. The monoisotopic (exact) mass is 402 g/mol. The average Bonchev–Trinajstić information content (AvgIpc) is 3.06. The first-order chi connectivity index (χ1) is 14.0. The van der Waals surface area contributed by atoms with Gasteiger partial charge in [0.05, 0.1) is 42.0 Å². The van der Waals surface area contributed by atoms with E-state index < -0.39 is 12.1 Å². The molecule has 154 valence electrons. The molecule has 0 radical (unpaired) electrons. The van der Waals surface area contributed by atoms with E-state index in [0.29, 0.717) is 34.1 Å². The summed E-state index contributed by atoms with van der Waals surface area (Å²) in [6.07, 6.45) is -0.781. The maximum absolute atomic E-state index is 12.9. The summed E-state index contributed by atoms with van der Waals surface area (Å²) in [6, 6.07) is 6.51. The highest BCUT2D eigenvalue weighted by Gasteiger charge is 2.37. The molecule has 0 saturated carbocycles. The van der Waals surface area contributed by atoms with Gasteiger partial charge >= 0.3 is 5.97 Å². The zero-order valence-electron chi connectivity index (χ0n) is 16.9. The Morgan fingerprint density at radius 2 is 1.45 bits per heavy atom. The number of benzene rings is 2. The van der Waals surface area contributed by atoms with Crippen molar-refractivity contribution in [3.05, 3.63) is 41.0 Å². The highest BCUT2D eigenvalue weighted by molar-refractivity contribution is 6.01. The van der Waals surface area contributed by atoms with E-state index in [1.165, 1.54) is 35.5 Å². The van der Waals surface area contributed by atoms with Crippen LogP contribution in [-0.2, 0) is 4.74 Å². The lowest BCUT2D eigenvalue weighted by molar-refractivity contribution is 0.0365. The third-order valence-corrected chi connectivity index (χ3v) is 4.74. The zero-order valence-corrected chi connectivity index (χ0v) is 16.9. The van der Waals surface area contributed by atoms with Crippen LogP contribution in [0.5, 0.6) is 28.7 Å². The second-order valence-corrected chi connectivity index (χ2v) is 6.20. The minimum atomic E-state index is -0.733. The Balaban J connectivity index is 1.93. The normalized spacial score (nSPS) is 14.7. The first-order valence-corrected chi connectivity index (χ1v) is 8.78. The summed E-state index contributed by atoms with van der Waals surface area (Å²) in [6.45, 7) is 0. The van der Waals surface area contributed by atoms with E-state index >= 15 is 0 Å². The van der Waals surface area contributed by atoms with Gasteiger partial charge < -0.3 is 28.4 Å². The van der Waals surface area contributed by atoms with Gasteiger partial charge in [-0.3, -0.25) is 4.79 Å². The van der Waals surface area contributed by atoms with Gasteiger partial charge in [0.25, 0.3) is 0 Å². The van der Waals surface area contributed by atoms with Crippen molar-refractivity contribution in [3.63, 3.8) is 0 Å². The molecule has 0 aliphatic carbocycles. The van der Waals surface area contributed by atoms with Crippen molar-refractivity contribution in [2.75, 3.05) is 35.5 Å². The van der Waals surface area contributed by atoms with Crippen molar-refractivity contribution >= 4 is 11.8 Å². The van der Waals surface area contributed by atoms with E-state index in [1.54, 1.807) is 24.3 Å². The Labute approximate surface area is 168 Å². The number of cyclic esters (lactones) is 1. The minimum Gasteiger partial charge on any atom is -0.493 e. The van der Waals surface area contributed by atoms with Gasteiger partial charge in [-0.2, -0.15) is 0 Å². The Kier molecular flexibility index (Phi) is 5.81. The second kappa shape index (κ2) is 8.30. The molecule has 1 aliphatic heterocycles. The molecule has 0 saturated heterocycles. The smallest absolute Gasteiger partial charge is 0.343 e. The summed E-state index contributed by atoms with van der Waals surface area (Å²) in [5.74, 6) is 1.03. The quantitative estimate of drug-likeness (QED) is 0.491. The van der Waals surface area contributed by atoms with Crippen LogP contribution in [0.3, 0.4) is 0 Å². The average molecular weight is 402 g/mol. The summed E-state index contributed by atoms with van der Waals surface area (Å²) < 4.78 is 31.9. The molecule has 1 unspecified atom stereocenters. The number of ether oxygens (including phenoxy) is 6. The third-order valence-electron chi connectivity index (χ3n) is 4.74. The van der Waals surface area contributed by atoms with Crippen molar-refractivity contribution in [1.82, 2.24) is 0 Å². The summed E-state index contributed by atoms with van der Waals surface area (Å²) in [7, 11) is 7.36. The van der Waals surface area contributed by atoms with Crippen LogP contribution >= 0.6 is 0 Å². The van der Waals surface area contributed by atoms with E-state index in [0.717, 1.165) is 0 Å². The van der Waals surface area contributed by atoms with Crippen LogP contribution in [0, 0.1) is 0 Å². The van der Waals surface area contributed by atoms with Crippen LogP contribution in [0.4, 0.5) is 0 Å². The number of hydrogen-bond acceptors (Lipinski definition) is 8. The number of hydrogen-bond donors (Lipinski definition) is 0.